The number of amides is 4. The number of carbonyl (C=O) groups is 5. The summed E-state index contributed by atoms with van der Waals surface area (Å²) in [5.41, 5.74) is 10.1. The van der Waals surface area contributed by atoms with Crippen molar-refractivity contribution in [1.82, 2.24) is 10.6 Å². The molecule has 10 heteroatoms. The molecule has 0 saturated carbocycles. The van der Waals surface area contributed by atoms with Gasteiger partial charge in [0.25, 0.3) is 0 Å². The summed E-state index contributed by atoms with van der Waals surface area (Å²) in [6, 6.07) is -2.87. The van der Waals surface area contributed by atoms with Crippen LogP contribution in [0.25, 0.3) is 0 Å². The van der Waals surface area contributed by atoms with Gasteiger partial charge in [0.15, 0.2) is 0 Å². The molecule has 0 unspecified atom stereocenters. The van der Waals surface area contributed by atoms with Crippen LogP contribution < -0.4 is 22.1 Å². The predicted molar refractivity (Wildman–Crippen MR) is 129 cm³/mol. The van der Waals surface area contributed by atoms with Crippen LogP contribution in [0.15, 0.2) is 0 Å². The van der Waals surface area contributed by atoms with Crippen LogP contribution in [0.4, 0.5) is 0 Å². The fraction of sp³-hybridized carbons (Fsp3) is 0.792. The Kier molecular flexibility index (Phi) is 18.2. The average molecular weight is 485 g/mol. The first kappa shape index (κ1) is 31.4. The number of carbonyl (C=O) groups excluding carboxylic acids is 4. The van der Waals surface area contributed by atoms with Crippen molar-refractivity contribution >= 4 is 29.6 Å². The van der Waals surface area contributed by atoms with Crippen molar-refractivity contribution in [3.05, 3.63) is 0 Å². The highest BCUT2D eigenvalue weighted by Crippen LogP contribution is 2.13. The molecule has 2 atom stereocenters. The Labute approximate surface area is 203 Å². The predicted octanol–water partition coefficient (Wildman–Crippen LogP) is 2.27. The van der Waals surface area contributed by atoms with Gasteiger partial charge >= 0.3 is 5.97 Å². The van der Waals surface area contributed by atoms with Crippen molar-refractivity contribution < 1.29 is 29.1 Å². The summed E-state index contributed by atoms with van der Waals surface area (Å²) >= 11 is 0. The summed E-state index contributed by atoms with van der Waals surface area (Å²) in [6.07, 6.45) is 14.4. The van der Waals surface area contributed by atoms with Gasteiger partial charge in [0.05, 0.1) is 12.8 Å². The molecule has 0 saturated heterocycles. The largest absolute Gasteiger partial charge is 0.480 e. The summed E-state index contributed by atoms with van der Waals surface area (Å²) in [4.78, 5) is 58.0. The summed E-state index contributed by atoms with van der Waals surface area (Å²) in [6.45, 7) is 2.22. The summed E-state index contributed by atoms with van der Waals surface area (Å²) < 4.78 is 0. The van der Waals surface area contributed by atoms with Gasteiger partial charge in [-0.3, -0.25) is 19.2 Å². The van der Waals surface area contributed by atoms with Crippen LogP contribution >= 0.6 is 0 Å². The number of primary amides is 2. The molecular formula is C24H44N4O6. The summed E-state index contributed by atoms with van der Waals surface area (Å²) in [7, 11) is 0. The fourth-order valence-corrected chi connectivity index (χ4v) is 3.65. The molecule has 34 heavy (non-hydrogen) atoms. The molecular weight excluding hydrogens is 440 g/mol. The molecule has 0 aliphatic heterocycles. The zero-order valence-electron chi connectivity index (χ0n) is 20.6. The number of hydrogen-bond acceptors (Lipinski definition) is 5. The van der Waals surface area contributed by atoms with Crippen molar-refractivity contribution in [1.29, 1.82) is 0 Å². The van der Waals surface area contributed by atoms with E-state index in [1.165, 1.54) is 57.8 Å². The normalized spacial score (nSPS) is 12.5. The van der Waals surface area contributed by atoms with Gasteiger partial charge in [-0.25, -0.2) is 4.79 Å². The molecule has 0 rings (SSSR count). The molecule has 0 spiro atoms. The Balaban J connectivity index is 4.15. The van der Waals surface area contributed by atoms with E-state index < -0.39 is 54.5 Å². The van der Waals surface area contributed by atoms with E-state index in [4.69, 9.17) is 16.6 Å². The van der Waals surface area contributed by atoms with Crippen LogP contribution in [0.1, 0.15) is 110 Å². The Morgan fingerprint density at radius 1 is 0.647 bits per heavy atom. The number of rotatable bonds is 22. The quantitative estimate of drug-likeness (QED) is 0.147. The van der Waals surface area contributed by atoms with Crippen molar-refractivity contribution in [2.75, 3.05) is 0 Å². The van der Waals surface area contributed by atoms with Crippen LogP contribution in [0, 0.1) is 0 Å². The van der Waals surface area contributed by atoms with E-state index in [9.17, 15) is 24.0 Å². The van der Waals surface area contributed by atoms with Crippen LogP contribution in [-0.4, -0.2) is 46.8 Å². The molecule has 0 aromatic rings. The number of nitrogens with two attached hydrogens (primary N) is 2. The Morgan fingerprint density at radius 3 is 1.47 bits per heavy atom. The minimum absolute atomic E-state index is 0.184. The van der Waals surface area contributed by atoms with Gasteiger partial charge in [0.2, 0.25) is 23.6 Å². The smallest absolute Gasteiger partial charge is 0.326 e. The minimum Gasteiger partial charge on any atom is -0.480 e. The van der Waals surface area contributed by atoms with Gasteiger partial charge < -0.3 is 27.2 Å². The maximum absolute atomic E-state index is 12.4. The molecule has 196 valence electrons. The molecule has 0 heterocycles. The van der Waals surface area contributed by atoms with Gasteiger partial charge in [-0.1, -0.05) is 84.0 Å². The lowest BCUT2D eigenvalue weighted by Crippen LogP contribution is -2.53. The maximum Gasteiger partial charge on any atom is 0.326 e. The molecule has 0 fully saturated rings. The Morgan fingerprint density at radius 2 is 1.06 bits per heavy atom. The maximum atomic E-state index is 12.4. The SMILES string of the molecule is CCCCCCCCCCCCCCCC(=O)N[C@@H](CC(N)=O)C(=O)N[C@@H](CC(N)=O)C(=O)O. The molecule has 0 bridgehead atoms. The molecule has 0 aliphatic rings. The van der Waals surface area contributed by atoms with Crippen molar-refractivity contribution in [2.45, 2.75) is 122 Å². The van der Waals surface area contributed by atoms with E-state index in [2.05, 4.69) is 17.6 Å². The zero-order chi connectivity index (χ0) is 25.8. The number of carboxylic acids is 1. The first-order chi connectivity index (χ1) is 16.2. The lowest BCUT2D eigenvalue weighted by atomic mass is 10.0. The van der Waals surface area contributed by atoms with E-state index in [1.807, 2.05) is 0 Å². The average Bonchev–Trinajstić information content (AvgIpc) is 2.75. The zero-order valence-corrected chi connectivity index (χ0v) is 20.6. The molecule has 0 radical (unpaired) electrons. The topological polar surface area (TPSA) is 182 Å². The van der Waals surface area contributed by atoms with Crippen LogP contribution in [0.2, 0.25) is 0 Å². The molecule has 0 aromatic carbocycles. The van der Waals surface area contributed by atoms with Gasteiger partial charge in [-0.15, -0.1) is 0 Å². The van der Waals surface area contributed by atoms with E-state index in [1.54, 1.807) is 0 Å². The number of nitrogens with one attached hydrogen (secondary N) is 2. The van der Waals surface area contributed by atoms with E-state index in [0.717, 1.165) is 19.3 Å². The third-order valence-corrected chi connectivity index (χ3v) is 5.58. The van der Waals surface area contributed by atoms with E-state index in [0.29, 0.717) is 6.42 Å². The summed E-state index contributed by atoms with van der Waals surface area (Å²) in [5.74, 6) is -4.53. The second-order valence-corrected chi connectivity index (χ2v) is 8.85. The number of aliphatic carboxylic acids is 1. The van der Waals surface area contributed by atoms with Gasteiger partial charge in [0.1, 0.15) is 12.1 Å². The van der Waals surface area contributed by atoms with Gasteiger partial charge in [0, 0.05) is 6.42 Å². The summed E-state index contributed by atoms with van der Waals surface area (Å²) in [5, 5.41) is 13.6. The highest BCUT2D eigenvalue weighted by atomic mass is 16.4. The van der Waals surface area contributed by atoms with Crippen molar-refractivity contribution in [3.63, 3.8) is 0 Å². The van der Waals surface area contributed by atoms with Gasteiger partial charge in [-0.05, 0) is 6.42 Å². The Hall–Kier alpha value is -2.65. The van der Waals surface area contributed by atoms with E-state index >= 15 is 0 Å². The number of hydrogen-bond donors (Lipinski definition) is 5. The second kappa shape index (κ2) is 19.8. The lowest BCUT2D eigenvalue weighted by molar-refractivity contribution is -0.143. The molecule has 0 aliphatic carbocycles. The fourth-order valence-electron chi connectivity index (χ4n) is 3.65. The van der Waals surface area contributed by atoms with Crippen LogP contribution in [0.3, 0.4) is 0 Å². The molecule has 10 nitrogen and oxygen atoms in total. The van der Waals surface area contributed by atoms with Crippen molar-refractivity contribution in [3.8, 4) is 0 Å². The standard InChI is InChI=1S/C24H44N4O6/c1-2-3-4-5-6-7-8-9-10-11-12-13-14-15-22(31)27-18(16-20(25)29)23(32)28-19(24(33)34)17-21(26)30/h18-19H,2-17H2,1H3,(H2,25,29)(H2,26,30)(H,27,31)(H,28,32)(H,33,34)/t18-,19-/m0/s1. The van der Waals surface area contributed by atoms with Gasteiger partial charge in [-0.2, -0.15) is 0 Å². The first-order valence-electron chi connectivity index (χ1n) is 12.6. The third kappa shape index (κ3) is 17.9. The third-order valence-electron chi connectivity index (χ3n) is 5.58. The Bertz CT molecular complexity index is 641. The number of unbranched alkanes of at least 4 members (excludes halogenated alkanes) is 12. The molecule has 4 amide bonds. The molecule has 7 N–H and O–H groups in total. The highest BCUT2D eigenvalue weighted by Gasteiger charge is 2.28. The van der Waals surface area contributed by atoms with Crippen LogP contribution in [-0.2, 0) is 24.0 Å². The molecule has 0 aromatic heterocycles. The van der Waals surface area contributed by atoms with Crippen molar-refractivity contribution in [2.24, 2.45) is 11.5 Å². The monoisotopic (exact) mass is 484 g/mol. The van der Waals surface area contributed by atoms with Crippen LogP contribution in [0.5, 0.6) is 0 Å². The first-order valence-corrected chi connectivity index (χ1v) is 12.6. The lowest BCUT2D eigenvalue weighted by Gasteiger charge is -2.20. The minimum atomic E-state index is -1.56. The second-order valence-electron chi connectivity index (χ2n) is 8.85. The van der Waals surface area contributed by atoms with E-state index in [-0.39, 0.29) is 6.42 Å². The highest BCUT2D eigenvalue weighted by molar-refractivity contribution is 5.94. The number of carboxylic acid groups (broad SMARTS) is 1.